The molecule has 0 aliphatic carbocycles. The fraction of sp³-hybridized carbons (Fsp3) is 0.250. The van der Waals surface area contributed by atoms with Crippen LogP contribution < -0.4 is 5.43 Å². The van der Waals surface area contributed by atoms with Gasteiger partial charge in [-0.25, -0.2) is 4.79 Å². The van der Waals surface area contributed by atoms with E-state index in [1.165, 1.54) is 0 Å². The Kier molecular flexibility index (Phi) is 4.29. The van der Waals surface area contributed by atoms with Crippen molar-refractivity contribution in [1.29, 1.82) is 0 Å². The molecule has 0 aliphatic rings. The zero-order chi connectivity index (χ0) is 10.4. The molecule has 72 valence electrons. The van der Waals surface area contributed by atoms with Gasteiger partial charge in [-0.15, -0.1) is 0 Å². The monoisotopic (exact) mass is 185 g/mol. The summed E-state index contributed by atoms with van der Waals surface area (Å²) in [5, 5.41) is 17.2. The molecule has 1 aromatic heterocycles. The summed E-state index contributed by atoms with van der Waals surface area (Å²) in [5.41, 5.74) is -1.20. The summed E-state index contributed by atoms with van der Waals surface area (Å²) in [6, 6.07) is 1.04. The van der Waals surface area contributed by atoms with Gasteiger partial charge in [-0.2, -0.15) is 0 Å². The van der Waals surface area contributed by atoms with E-state index in [9.17, 15) is 9.59 Å². The average molecular weight is 185 g/mol. The van der Waals surface area contributed by atoms with Crippen molar-refractivity contribution in [1.82, 2.24) is 4.98 Å². The van der Waals surface area contributed by atoms with Crippen LogP contribution in [0.3, 0.4) is 0 Å². The highest BCUT2D eigenvalue weighted by atomic mass is 16.4. The Morgan fingerprint density at radius 2 is 2.00 bits per heavy atom. The number of rotatable bonds is 1. The molecule has 0 aliphatic heterocycles. The van der Waals surface area contributed by atoms with Gasteiger partial charge in [0.2, 0.25) is 5.43 Å². The average Bonchev–Trinajstić information content (AvgIpc) is 2.13. The minimum Gasteiger partial charge on any atom is -0.502 e. The van der Waals surface area contributed by atoms with Crippen LogP contribution in [0.25, 0.3) is 0 Å². The Balaban J connectivity index is 0.000000671. The number of aromatic nitrogens is 1. The van der Waals surface area contributed by atoms with E-state index in [1.54, 1.807) is 0 Å². The van der Waals surface area contributed by atoms with Crippen molar-refractivity contribution in [2.75, 3.05) is 0 Å². The van der Waals surface area contributed by atoms with Crippen molar-refractivity contribution < 1.29 is 15.0 Å². The molecule has 13 heavy (non-hydrogen) atoms. The van der Waals surface area contributed by atoms with Crippen LogP contribution in [0, 0.1) is 0 Å². The Morgan fingerprint density at radius 1 is 1.46 bits per heavy atom. The fourth-order valence-corrected chi connectivity index (χ4v) is 0.634. The highest BCUT2D eigenvalue weighted by molar-refractivity contribution is 5.88. The molecule has 1 aromatic rings. The first-order valence-corrected chi connectivity index (χ1v) is 3.77. The molecule has 0 radical (unpaired) electrons. The minimum absolute atomic E-state index is 0.488. The number of aromatic amines is 1. The number of hydrogen-bond acceptors (Lipinski definition) is 3. The van der Waals surface area contributed by atoms with Crippen LogP contribution >= 0.6 is 0 Å². The first-order chi connectivity index (χ1) is 6.13. The fourth-order valence-electron chi connectivity index (χ4n) is 0.634. The molecule has 0 unspecified atom stereocenters. The Hall–Kier alpha value is -1.78. The van der Waals surface area contributed by atoms with E-state index in [0.717, 1.165) is 12.3 Å². The van der Waals surface area contributed by atoms with E-state index in [4.69, 9.17) is 10.2 Å². The molecular formula is C8H11NO4. The van der Waals surface area contributed by atoms with E-state index in [0.29, 0.717) is 0 Å². The second-order valence-corrected chi connectivity index (χ2v) is 1.87. The molecule has 0 fully saturated rings. The van der Waals surface area contributed by atoms with Gasteiger partial charge >= 0.3 is 5.97 Å². The minimum atomic E-state index is -1.36. The lowest BCUT2D eigenvalue weighted by Crippen LogP contribution is -2.08. The van der Waals surface area contributed by atoms with E-state index in [-0.39, 0.29) is 0 Å². The third kappa shape index (κ3) is 2.62. The van der Waals surface area contributed by atoms with Crippen LogP contribution in [0.4, 0.5) is 0 Å². The number of aromatic carboxylic acids is 1. The molecule has 0 atom stereocenters. The largest absolute Gasteiger partial charge is 0.502 e. The lowest BCUT2D eigenvalue weighted by molar-refractivity contribution is 0.0686. The van der Waals surface area contributed by atoms with Gasteiger partial charge in [0, 0.05) is 12.3 Å². The van der Waals surface area contributed by atoms with Crippen molar-refractivity contribution in [3.8, 4) is 5.75 Å². The van der Waals surface area contributed by atoms with Gasteiger partial charge in [0.05, 0.1) is 0 Å². The number of H-pyrrole nitrogens is 1. The van der Waals surface area contributed by atoms with Crippen molar-refractivity contribution in [2.45, 2.75) is 13.8 Å². The van der Waals surface area contributed by atoms with Gasteiger partial charge in [-0.1, -0.05) is 13.8 Å². The van der Waals surface area contributed by atoms with Gasteiger partial charge in [0.15, 0.2) is 11.4 Å². The van der Waals surface area contributed by atoms with Crippen molar-refractivity contribution in [3.63, 3.8) is 0 Å². The number of hydrogen-bond donors (Lipinski definition) is 3. The predicted molar refractivity (Wildman–Crippen MR) is 47.0 cm³/mol. The maximum atomic E-state index is 10.6. The van der Waals surface area contributed by atoms with Gasteiger partial charge < -0.3 is 15.2 Å². The molecule has 0 aromatic carbocycles. The zero-order valence-corrected chi connectivity index (χ0v) is 7.37. The zero-order valence-electron chi connectivity index (χ0n) is 7.37. The molecule has 0 bridgehead atoms. The summed E-state index contributed by atoms with van der Waals surface area (Å²) in [6.45, 7) is 4.00. The Labute approximate surface area is 74.7 Å². The van der Waals surface area contributed by atoms with Crippen LogP contribution in [0.15, 0.2) is 17.1 Å². The SMILES string of the molecule is CC.O=C(O)c1[nH]ccc(=O)c1O. The third-order valence-electron chi connectivity index (χ3n) is 1.15. The second-order valence-electron chi connectivity index (χ2n) is 1.87. The summed E-state index contributed by atoms with van der Waals surface area (Å²) < 4.78 is 0. The molecule has 1 heterocycles. The molecule has 5 nitrogen and oxygen atoms in total. The maximum absolute atomic E-state index is 10.6. The smallest absolute Gasteiger partial charge is 0.356 e. The van der Waals surface area contributed by atoms with Crippen molar-refractivity contribution in [2.24, 2.45) is 0 Å². The molecule has 0 amide bonds. The van der Waals surface area contributed by atoms with Crippen LogP contribution in [0.5, 0.6) is 5.75 Å². The van der Waals surface area contributed by atoms with E-state index in [2.05, 4.69) is 4.98 Å². The molecule has 0 saturated heterocycles. The highest BCUT2D eigenvalue weighted by Gasteiger charge is 2.10. The second kappa shape index (κ2) is 4.97. The highest BCUT2D eigenvalue weighted by Crippen LogP contribution is 2.05. The molecular weight excluding hydrogens is 174 g/mol. The van der Waals surface area contributed by atoms with Gasteiger partial charge in [-0.05, 0) is 0 Å². The van der Waals surface area contributed by atoms with E-state index < -0.39 is 22.8 Å². The van der Waals surface area contributed by atoms with Crippen molar-refractivity contribution in [3.05, 3.63) is 28.2 Å². The summed E-state index contributed by atoms with van der Waals surface area (Å²) >= 11 is 0. The summed E-state index contributed by atoms with van der Waals surface area (Å²) in [6.07, 6.45) is 1.16. The molecule has 3 N–H and O–H groups in total. The number of nitrogens with one attached hydrogen (secondary N) is 1. The topological polar surface area (TPSA) is 90.4 Å². The van der Waals surface area contributed by atoms with Crippen LogP contribution in [-0.4, -0.2) is 21.2 Å². The van der Waals surface area contributed by atoms with E-state index in [1.807, 2.05) is 13.8 Å². The summed E-state index contributed by atoms with van der Waals surface area (Å²) in [7, 11) is 0. The molecule has 1 rings (SSSR count). The molecule has 0 spiro atoms. The van der Waals surface area contributed by atoms with Gasteiger partial charge in [0.25, 0.3) is 0 Å². The van der Waals surface area contributed by atoms with Crippen molar-refractivity contribution >= 4 is 5.97 Å². The van der Waals surface area contributed by atoms with Gasteiger partial charge in [0.1, 0.15) is 0 Å². The van der Waals surface area contributed by atoms with Crippen LogP contribution in [-0.2, 0) is 0 Å². The summed E-state index contributed by atoms with van der Waals surface area (Å²) in [4.78, 5) is 23.1. The predicted octanol–water partition coefficient (Wildman–Crippen LogP) is 0.805. The third-order valence-corrected chi connectivity index (χ3v) is 1.15. The first kappa shape index (κ1) is 11.2. The van der Waals surface area contributed by atoms with Crippen LogP contribution in [0.1, 0.15) is 24.3 Å². The lowest BCUT2D eigenvalue weighted by atomic mass is 10.3. The standard InChI is InChI=1S/C6H5NO4.C2H6/c8-3-1-2-7-4(5(3)9)6(10)11;1-2/h1-2,9H,(H,7,8)(H,10,11);1-2H3. The number of pyridine rings is 1. The number of carbonyl (C=O) groups is 1. The van der Waals surface area contributed by atoms with Crippen LogP contribution in [0.2, 0.25) is 0 Å². The number of aromatic hydroxyl groups is 1. The molecule has 5 heteroatoms. The molecule has 0 saturated carbocycles. The normalized spacial score (nSPS) is 8.46. The Morgan fingerprint density at radius 3 is 2.38 bits per heavy atom. The van der Waals surface area contributed by atoms with E-state index >= 15 is 0 Å². The number of carboxylic acid groups (broad SMARTS) is 1. The number of carboxylic acids is 1. The maximum Gasteiger partial charge on any atom is 0.356 e. The summed E-state index contributed by atoms with van der Waals surface area (Å²) in [5.74, 6) is -2.12. The quantitative estimate of drug-likeness (QED) is 0.603. The van der Waals surface area contributed by atoms with Gasteiger partial charge in [-0.3, -0.25) is 4.79 Å². The lowest BCUT2D eigenvalue weighted by Gasteiger charge is -1.95. The first-order valence-electron chi connectivity index (χ1n) is 3.77. The Bertz CT molecular complexity index is 342.